The van der Waals surface area contributed by atoms with E-state index in [2.05, 4.69) is 19.9 Å². The van der Waals surface area contributed by atoms with Crippen LogP contribution in [0.4, 0.5) is 8.78 Å². The van der Waals surface area contributed by atoms with Crippen LogP contribution in [0.15, 0.2) is 12.4 Å². The highest BCUT2D eigenvalue weighted by Crippen LogP contribution is 2.40. The standard InChI is InChI=1S/C15H16F2N4O2/c16-9-4-15(2-1-3-21(15)7-9)8-23-14-19-12-10(13(22)20-14)5-18-6-11(12)17/h5-6,9H,1-4,7-8H2,(H,19,20,22)/t9-,15+/m1/s1. The molecule has 2 aliphatic heterocycles. The number of fused-ring (bicyclic) bond motifs is 2. The van der Waals surface area contributed by atoms with Crippen molar-refractivity contribution in [1.82, 2.24) is 19.9 Å². The molecule has 0 unspecified atom stereocenters. The van der Waals surface area contributed by atoms with Gasteiger partial charge in [-0.3, -0.25) is 9.88 Å². The fourth-order valence-electron chi connectivity index (χ4n) is 3.69. The van der Waals surface area contributed by atoms with E-state index in [4.69, 9.17) is 4.74 Å². The van der Waals surface area contributed by atoms with Crippen LogP contribution >= 0.6 is 0 Å². The number of pyridine rings is 1. The summed E-state index contributed by atoms with van der Waals surface area (Å²) in [6.45, 7) is 1.51. The van der Waals surface area contributed by atoms with Crippen LogP contribution in [0.1, 0.15) is 19.3 Å². The molecule has 0 aliphatic carbocycles. The molecule has 6 nitrogen and oxygen atoms in total. The summed E-state index contributed by atoms with van der Waals surface area (Å²) in [5.41, 5.74) is -0.387. The second kappa shape index (κ2) is 5.23. The molecule has 0 amide bonds. The van der Waals surface area contributed by atoms with Gasteiger partial charge >= 0.3 is 6.01 Å². The van der Waals surface area contributed by atoms with Gasteiger partial charge in [0.05, 0.1) is 17.1 Å². The van der Waals surface area contributed by atoms with E-state index in [1.165, 1.54) is 6.20 Å². The summed E-state index contributed by atoms with van der Waals surface area (Å²) in [6.07, 6.45) is 3.73. The quantitative estimate of drug-likeness (QED) is 0.929. The molecule has 2 aromatic heterocycles. The number of ether oxygens (including phenoxy) is 1. The Balaban J connectivity index is 1.60. The Morgan fingerprint density at radius 2 is 2.26 bits per heavy atom. The fourth-order valence-corrected chi connectivity index (χ4v) is 3.69. The van der Waals surface area contributed by atoms with E-state index >= 15 is 0 Å². The number of hydrogen-bond donors (Lipinski definition) is 1. The third kappa shape index (κ3) is 2.37. The van der Waals surface area contributed by atoms with Gasteiger partial charge in [-0.25, -0.2) is 8.78 Å². The molecule has 2 aromatic rings. The molecule has 2 fully saturated rings. The molecule has 0 spiro atoms. The minimum absolute atomic E-state index is 0.0435. The molecule has 2 saturated heterocycles. The summed E-state index contributed by atoms with van der Waals surface area (Å²) in [5.74, 6) is -1.04. The van der Waals surface area contributed by atoms with Gasteiger partial charge in [0, 0.05) is 19.2 Å². The van der Waals surface area contributed by atoms with Crippen molar-refractivity contribution in [2.75, 3.05) is 19.7 Å². The topological polar surface area (TPSA) is 71.4 Å². The maximum absolute atomic E-state index is 13.8. The summed E-state index contributed by atoms with van der Waals surface area (Å²) >= 11 is 0. The average Bonchev–Trinajstić information content (AvgIpc) is 3.02. The largest absolute Gasteiger partial charge is 0.493 e. The summed E-state index contributed by atoms with van der Waals surface area (Å²) in [5, 5.41) is 10.0. The molecule has 2 aliphatic rings. The number of alkyl halides is 1. The molecule has 1 N–H and O–H groups in total. The molecule has 8 heteroatoms. The highest BCUT2D eigenvalue weighted by Gasteiger charge is 2.49. The van der Waals surface area contributed by atoms with Gasteiger partial charge in [0.1, 0.15) is 18.3 Å². The first kappa shape index (κ1) is 14.5. The highest BCUT2D eigenvalue weighted by molar-refractivity contribution is 5.82. The van der Waals surface area contributed by atoms with Crippen molar-refractivity contribution in [2.45, 2.75) is 31.0 Å². The van der Waals surface area contributed by atoms with Gasteiger partial charge in [0.2, 0.25) is 5.88 Å². The van der Waals surface area contributed by atoms with Gasteiger partial charge < -0.3 is 9.84 Å². The number of hydrogen-bond acceptors (Lipinski definition) is 6. The van der Waals surface area contributed by atoms with Crippen LogP contribution in [0.5, 0.6) is 11.9 Å². The first-order valence-electron chi connectivity index (χ1n) is 7.60. The third-order valence-corrected chi connectivity index (χ3v) is 4.75. The summed E-state index contributed by atoms with van der Waals surface area (Å²) in [7, 11) is 0. The Morgan fingerprint density at radius 3 is 3.13 bits per heavy atom. The van der Waals surface area contributed by atoms with Crippen molar-refractivity contribution < 1.29 is 18.6 Å². The Bertz CT molecular complexity index is 760. The van der Waals surface area contributed by atoms with Crippen LogP contribution in [0.3, 0.4) is 0 Å². The van der Waals surface area contributed by atoms with E-state index < -0.39 is 12.0 Å². The van der Waals surface area contributed by atoms with Crippen LogP contribution in [0.2, 0.25) is 0 Å². The average molecular weight is 322 g/mol. The molecule has 122 valence electrons. The number of rotatable bonds is 3. The van der Waals surface area contributed by atoms with E-state index in [1.54, 1.807) is 0 Å². The third-order valence-electron chi connectivity index (χ3n) is 4.75. The normalized spacial score (nSPS) is 27.5. The van der Waals surface area contributed by atoms with Crippen LogP contribution in [0, 0.1) is 5.82 Å². The van der Waals surface area contributed by atoms with Crippen LogP contribution in [-0.2, 0) is 0 Å². The molecule has 4 heterocycles. The SMILES string of the molecule is Oc1nc(OC[C@@]23CCCN2C[C@H](F)C3)nc2c(F)cncc12. The maximum atomic E-state index is 13.8. The zero-order chi connectivity index (χ0) is 16.0. The predicted octanol–water partition coefficient (Wildman–Crippen LogP) is 1.82. The molecular formula is C15H16F2N4O2. The Labute approximate surface area is 131 Å². The second-order valence-corrected chi connectivity index (χ2v) is 6.21. The van der Waals surface area contributed by atoms with Crippen molar-refractivity contribution in [3.63, 3.8) is 0 Å². The molecule has 0 saturated carbocycles. The van der Waals surface area contributed by atoms with Crippen molar-refractivity contribution in [1.29, 1.82) is 0 Å². The Kier molecular flexibility index (Phi) is 3.29. The minimum atomic E-state index is -0.853. The van der Waals surface area contributed by atoms with Crippen LogP contribution in [-0.4, -0.2) is 56.4 Å². The summed E-state index contributed by atoms with van der Waals surface area (Å²) in [6, 6.07) is -0.108. The molecule has 23 heavy (non-hydrogen) atoms. The van der Waals surface area contributed by atoms with Gasteiger partial charge in [-0.15, -0.1) is 0 Å². The van der Waals surface area contributed by atoms with Gasteiger partial charge in [-0.2, -0.15) is 9.97 Å². The number of nitrogens with zero attached hydrogens (tertiary/aromatic N) is 4. The number of halogens is 2. The molecule has 4 rings (SSSR count). The predicted molar refractivity (Wildman–Crippen MR) is 77.5 cm³/mol. The second-order valence-electron chi connectivity index (χ2n) is 6.21. The van der Waals surface area contributed by atoms with Crippen molar-refractivity contribution >= 4 is 10.9 Å². The van der Waals surface area contributed by atoms with Crippen molar-refractivity contribution in [3.05, 3.63) is 18.2 Å². The molecule has 2 atom stereocenters. The maximum Gasteiger partial charge on any atom is 0.320 e. The fraction of sp³-hybridized carbons (Fsp3) is 0.533. The van der Waals surface area contributed by atoms with E-state index in [1.807, 2.05) is 0 Å². The lowest BCUT2D eigenvalue weighted by atomic mass is 9.95. The molecule has 0 aromatic carbocycles. The first-order chi connectivity index (χ1) is 11.1. The monoisotopic (exact) mass is 322 g/mol. The molecule has 0 radical (unpaired) electrons. The Hall–Kier alpha value is -2.09. The lowest BCUT2D eigenvalue weighted by Crippen LogP contribution is -2.43. The van der Waals surface area contributed by atoms with E-state index in [0.717, 1.165) is 25.6 Å². The van der Waals surface area contributed by atoms with Gasteiger partial charge in [0.25, 0.3) is 0 Å². The summed E-state index contributed by atoms with van der Waals surface area (Å²) in [4.78, 5) is 13.6. The smallest absolute Gasteiger partial charge is 0.320 e. The molecule has 0 bridgehead atoms. The van der Waals surface area contributed by atoms with E-state index in [0.29, 0.717) is 13.0 Å². The van der Waals surface area contributed by atoms with E-state index in [9.17, 15) is 13.9 Å². The zero-order valence-corrected chi connectivity index (χ0v) is 12.4. The zero-order valence-electron chi connectivity index (χ0n) is 12.4. The number of aromatic nitrogens is 3. The summed E-state index contributed by atoms with van der Waals surface area (Å²) < 4.78 is 33.1. The first-order valence-corrected chi connectivity index (χ1v) is 7.60. The van der Waals surface area contributed by atoms with E-state index in [-0.39, 0.29) is 34.9 Å². The molecular weight excluding hydrogens is 306 g/mol. The lowest BCUT2D eigenvalue weighted by Gasteiger charge is -2.30. The van der Waals surface area contributed by atoms with Crippen molar-refractivity contribution in [3.8, 4) is 11.9 Å². The van der Waals surface area contributed by atoms with Gasteiger partial charge in [-0.05, 0) is 19.4 Å². The van der Waals surface area contributed by atoms with Crippen LogP contribution in [0.25, 0.3) is 10.9 Å². The number of aromatic hydroxyl groups is 1. The highest BCUT2D eigenvalue weighted by atomic mass is 19.1. The van der Waals surface area contributed by atoms with Crippen molar-refractivity contribution in [2.24, 2.45) is 0 Å². The Morgan fingerprint density at radius 1 is 1.39 bits per heavy atom. The lowest BCUT2D eigenvalue weighted by molar-refractivity contribution is 0.107. The van der Waals surface area contributed by atoms with Gasteiger partial charge in [-0.1, -0.05) is 0 Å². The van der Waals surface area contributed by atoms with Gasteiger partial charge in [0.15, 0.2) is 5.82 Å². The van der Waals surface area contributed by atoms with Crippen LogP contribution < -0.4 is 4.74 Å². The minimum Gasteiger partial charge on any atom is -0.493 e.